The summed E-state index contributed by atoms with van der Waals surface area (Å²) >= 11 is 3.43. The zero-order valence-corrected chi connectivity index (χ0v) is 15.5. The molecule has 1 aliphatic rings. The van der Waals surface area contributed by atoms with Crippen molar-refractivity contribution in [2.24, 2.45) is 0 Å². The monoisotopic (exact) mass is 401 g/mol. The Bertz CT molecular complexity index is 794. The second-order valence-electron chi connectivity index (χ2n) is 6.07. The van der Waals surface area contributed by atoms with E-state index in [-0.39, 0.29) is 18.0 Å². The number of hydrogen-bond donors (Lipinski definition) is 2. The molecule has 3 rings (SSSR count). The van der Waals surface area contributed by atoms with Gasteiger partial charge in [-0.15, -0.1) is 0 Å². The largest absolute Gasteiger partial charge is 0.331 e. The maximum Gasteiger partial charge on any atom is 0.319 e. The third kappa shape index (κ3) is 4.39. The molecular weight excluding hydrogens is 382 g/mol. The number of rotatable bonds is 4. The summed E-state index contributed by atoms with van der Waals surface area (Å²) in [7, 11) is 0. The second kappa shape index (κ2) is 7.70. The molecule has 0 unspecified atom stereocenters. The summed E-state index contributed by atoms with van der Waals surface area (Å²) in [4.78, 5) is 25.9. The first-order chi connectivity index (χ1) is 12.0. The number of amides is 3. The lowest BCUT2D eigenvalue weighted by Gasteiger charge is -2.18. The standard InChI is InChI=1S/C19H20BrN3O2/c1-13(14-5-2-6-15(20)11-14)21-19(25)22-16-7-3-8-17(12-16)23-10-4-9-18(23)24/h2-3,5-8,11-13H,4,9-10H2,1H3,(H2,21,22,25)/t13-/m1/s1. The highest BCUT2D eigenvalue weighted by Gasteiger charge is 2.21. The zero-order chi connectivity index (χ0) is 17.8. The van der Waals surface area contributed by atoms with Gasteiger partial charge in [-0.1, -0.05) is 34.1 Å². The topological polar surface area (TPSA) is 61.4 Å². The maximum absolute atomic E-state index is 12.3. The van der Waals surface area contributed by atoms with Crippen LogP contribution in [0, 0.1) is 0 Å². The van der Waals surface area contributed by atoms with Gasteiger partial charge in [-0.2, -0.15) is 0 Å². The van der Waals surface area contributed by atoms with Gasteiger partial charge in [-0.25, -0.2) is 4.79 Å². The van der Waals surface area contributed by atoms with Gasteiger partial charge in [-0.3, -0.25) is 4.79 Å². The summed E-state index contributed by atoms with van der Waals surface area (Å²) in [5.74, 6) is 0.130. The number of benzene rings is 2. The van der Waals surface area contributed by atoms with Crippen molar-refractivity contribution in [1.29, 1.82) is 0 Å². The number of anilines is 2. The molecule has 1 fully saturated rings. The van der Waals surface area contributed by atoms with Crippen LogP contribution in [0.5, 0.6) is 0 Å². The Morgan fingerprint density at radius 3 is 2.72 bits per heavy atom. The van der Waals surface area contributed by atoms with E-state index in [1.165, 1.54) is 0 Å². The third-order valence-electron chi connectivity index (χ3n) is 4.19. The fourth-order valence-corrected chi connectivity index (χ4v) is 3.31. The van der Waals surface area contributed by atoms with E-state index in [4.69, 9.17) is 0 Å². The third-order valence-corrected chi connectivity index (χ3v) is 4.68. The van der Waals surface area contributed by atoms with E-state index in [2.05, 4.69) is 26.6 Å². The Labute approximate surface area is 155 Å². The van der Waals surface area contributed by atoms with Crippen molar-refractivity contribution in [2.45, 2.75) is 25.8 Å². The van der Waals surface area contributed by atoms with E-state index in [0.717, 1.165) is 28.7 Å². The lowest BCUT2D eigenvalue weighted by atomic mass is 10.1. The number of carbonyl (C=O) groups is 2. The molecule has 0 saturated carbocycles. The molecule has 0 radical (unpaired) electrons. The molecular formula is C19H20BrN3O2. The zero-order valence-electron chi connectivity index (χ0n) is 14.0. The molecule has 130 valence electrons. The van der Waals surface area contributed by atoms with Crippen LogP contribution in [0.4, 0.5) is 16.2 Å². The van der Waals surface area contributed by atoms with Crippen LogP contribution in [0.3, 0.4) is 0 Å². The van der Waals surface area contributed by atoms with Crippen molar-refractivity contribution in [3.05, 3.63) is 58.6 Å². The van der Waals surface area contributed by atoms with Crippen molar-refractivity contribution >= 4 is 39.2 Å². The van der Waals surface area contributed by atoms with Crippen LogP contribution >= 0.6 is 15.9 Å². The molecule has 3 amide bonds. The Balaban J connectivity index is 1.64. The quantitative estimate of drug-likeness (QED) is 0.794. The Hall–Kier alpha value is -2.34. The van der Waals surface area contributed by atoms with Gasteiger partial charge in [0, 0.05) is 28.8 Å². The molecule has 1 atom stereocenters. The number of halogens is 1. The fourth-order valence-electron chi connectivity index (χ4n) is 2.90. The highest BCUT2D eigenvalue weighted by molar-refractivity contribution is 9.10. The van der Waals surface area contributed by atoms with E-state index in [1.807, 2.05) is 55.5 Å². The molecule has 0 bridgehead atoms. The molecule has 6 heteroatoms. The van der Waals surface area contributed by atoms with Gasteiger partial charge in [0.15, 0.2) is 0 Å². The predicted octanol–water partition coefficient (Wildman–Crippen LogP) is 4.46. The first kappa shape index (κ1) is 17.5. The van der Waals surface area contributed by atoms with E-state index < -0.39 is 0 Å². The minimum Gasteiger partial charge on any atom is -0.331 e. The first-order valence-electron chi connectivity index (χ1n) is 8.26. The summed E-state index contributed by atoms with van der Waals surface area (Å²) in [6.45, 7) is 2.66. The molecule has 0 aromatic heterocycles. The molecule has 2 aromatic carbocycles. The Morgan fingerprint density at radius 2 is 2.00 bits per heavy atom. The molecule has 2 N–H and O–H groups in total. The molecule has 0 aliphatic carbocycles. The van der Waals surface area contributed by atoms with Crippen molar-refractivity contribution in [1.82, 2.24) is 5.32 Å². The summed E-state index contributed by atoms with van der Waals surface area (Å²) < 4.78 is 0.974. The van der Waals surface area contributed by atoms with Gasteiger partial charge in [0.1, 0.15) is 0 Å². The summed E-state index contributed by atoms with van der Waals surface area (Å²) in [5, 5.41) is 5.75. The smallest absolute Gasteiger partial charge is 0.319 e. The van der Waals surface area contributed by atoms with Crippen LogP contribution < -0.4 is 15.5 Å². The van der Waals surface area contributed by atoms with Crippen molar-refractivity contribution < 1.29 is 9.59 Å². The average molecular weight is 402 g/mol. The molecule has 1 heterocycles. The molecule has 5 nitrogen and oxygen atoms in total. The Kier molecular flexibility index (Phi) is 5.38. The van der Waals surface area contributed by atoms with Crippen LogP contribution in [-0.4, -0.2) is 18.5 Å². The molecule has 25 heavy (non-hydrogen) atoms. The summed E-state index contributed by atoms with van der Waals surface area (Å²) in [6, 6.07) is 14.8. The van der Waals surface area contributed by atoms with Crippen LogP contribution in [0.1, 0.15) is 31.4 Å². The number of carbonyl (C=O) groups excluding carboxylic acids is 2. The maximum atomic E-state index is 12.3. The SMILES string of the molecule is C[C@@H](NC(=O)Nc1cccc(N2CCCC2=O)c1)c1cccc(Br)c1. The highest BCUT2D eigenvalue weighted by Crippen LogP contribution is 2.24. The fraction of sp³-hybridized carbons (Fsp3) is 0.263. The van der Waals surface area contributed by atoms with Gasteiger partial charge in [0.25, 0.3) is 0 Å². The number of nitrogens with zero attached hydrogens (tertiary/aromatic N) is 1. The van der Waals surface area contributed by atoms with Gasteiger partial charge in [0.05, 0.1) is 6.04 Å². The number of nitrogens with one attached hydrogen (secondary N) is 2. The van der Waals surface area contributed by atoms with Crippen LogP contribution in [-0.2, 0) is 4.79 Å². The van der Waals surface area contributed by atoms with Crippen LogP contribution in [0.2, 0.25) is 0 Å². The van der Waals surface area contributed by atoms with Crippen LogP contribution in [0.15, 0.2) is 53.0 Å². The first-order valence-corrected chi connectivity index (χ1v) is 9.05. The van der Waals surface area contributed by atoms with Gasteiger partial charge < -0.3 is 15.5 Å². The molecule has 2 aromatic rings. The number of urea groups is 1. The lowest BCUT2D eigenvalue weighted by Crippen LogP contribution is -2.31. The molecule has 0 spiro atoms. The van der Waals surface area contributed by atoms with E-state index in [0.29, 0.717) is 12.1 Å². The van der Waals surface area contributed by atoms with Gasteiger partial charge in [-0.05, 0) is 49.2 Å². The number of hydrogen-bond acceptors (Lipinski definition) is 2. The van der Waals surface area contributed by atoms with Gasteiger partial charge in [0.2, 0.25) is 5.91 Å². The summed E-state index contributed by atoms with van der Waals surface area (Å²) in [5.41, 5.74) is 2.50. The average Bonchev–Trinajstić information content (AvgIpc) is 3.01. The molecule has 1 aliphatic heterocycles. The second-order valence-corrected chi connectivity index (χ2v) is 6.99. The highest BCUT2D eigenvalue weighted by atomic mass is 79.9. The van der Waals surface area contributed by atoms with Crippen molar-refractivity contribution in [3.63, 3.8) is 0 Å². The van der Waals surface area contributed by atoms with Crippen molar-refractivity contribution in [3.8, 4) is 0 Å². The normalized spacial score (nSPS) is 15.1. The minimum atomic E-state index is -0.280. The van der Waals surface area contributed by atoms with Gasteiger partial charge >= 0.3 is 6.03 Å². The van der Waals surface area contributed by atoms with E-state index in [1.54, 1.807) is 4.90 Å². The van der Waals surface area contributed by atoms with Crippen molar-refractivity contribution in [2.75, 3.05) is 16.8 Å². The van der Waals surface area contributed by atoms with E-state index in [9.17, 15) is 9.59 Å². The lowest BCUT2D eigenvalue weighted by molar-refractivity contribution is -0.117. The Morgan fingerprint density at radius 1 is 1.20 bits per heavy atom. The van der Waals surface area contributed by atoms with Crippen LogP contribution in [0.25, 0.3) is 0 Å². The van der Waals surface area contributed by atoms with E-state index >= 15 is 0 Å². The predicted molar refractivity (Wildman–Crippen MR) is 103 cm³/mol. The molecule has 1 saturated heterocycles. The summed E-state index contributed by atoms with van der Waals surface area (Å²) in [6.07, 6.45) is 1.46. The minimum absolute atomic E-state index is 0.124.